The van der Waals surface area contributed by atoms with Crippen molar-refractivity contribution in [2.75, 3.05) is 6.54 Å². The minimum atomic E-state index is -1.29. The molecule has 19 heavy (non-hydrogen) atoms. The maximum absolute atomic E-state index is 11.8. The van der Waals surface area contributed by atoms with Crippen LogP contribution in [0.25, 0.3) is 0 Å². The molecule has 0 bridgehead atoms. The number of hydrogen-bond donors (Lipinski definition) is 2. The van der Waals surface area contributed by atoms with Crippen molar-refractivity contribution < 1.29 is 9.90 Å². The standard InChI is InChI=1S/C14H17ClN2O2/c1-13(2,8-16)12(18)17-9-14(3,19)10-6-4-5-7-11(10)15/h4-7,19H,9H2,1-3H3,(H,17,18). The number of aliphatic hydroxyl groups is 1. The van der Waals surface area contributed by atoms with Gasteiger partial charge in [-0.15, -0.1) is 0 Å². The first-order chi connectivity index (χ1) is 8.70. The number of nitriles is 1. The van der Waals surface area contributed by atoms with E-state index in [1.54, 1.807) is 31.2 Å². The van der Waals surface area contributed by atoms with E-state index in [1.165, 1.54) is 13.8 Å². The summed E-state index contributed by atoms with van der Waals surface area (Å²) in [5.74, 6) is -0.428. The number of benzene rings is 1. The summed E-state index contributed by atoms with van der Waals surface area (Å²) >= 11 is 6.02. The second kappa shape index (κ2) is 5.60. The number of amides is 1. The lowest BCUT2D eigenvalue weighted by molar-refractivity contribution is -0.128. The summed E-state index contributed by atoms with van der Waals surface area (Å²) < 4.78 is 0. The van der Waals surface area contributed by atoms with E-state index in [1.807, 2.05) is 6.07 Å². The van der Waals surface area contributed by atoms with Crippen LogP contribution in [0.2, 0.25) is 5.02 Å². The molecule has 1 unspecified atom stereocenters. The van der Waals surface area contributed by atoms with E-state index >= 15 is 0 Å². The first-order valence-corrected chi connectivity index (χ1v) is 6.25. The minimum absolute atomic E-state index is 0.0132. The average Bonchev–Trinajstić information content (AvgIpc) is 2.36. The van der Waals surface area contributed by atoms with Gasteiger partial charge in [0.15, 0.2) is 0 Å². The molecule has 1 aromatic rings. The van der Waals surface area contributed by atoms with Crippen LogP contribution in [0.1, 0.15) is 26.3 Å². The highest BCUT2D eigenvalue weighted by molar-refractivity contribution is 6.31. The Hall–Kier alpha value is -1.57. The summed E-state index contributed by atoms with van der Waals surface area (Å²) in [6, 6.07) is 8.80. The van der Waals surface area contributed by atoms with Crippen LogP contribution < -0.4 is 5.32 Å². The Morgan fingerprint density at radius 3 is 2.53 bits per heavy atom. The van der Waals surface area contributed by atoms with Gasteiger partial charge in [-0.3, -0.25) is 4.79 Å². The quantitative estimate of drug-likeness (QED) is 0.888. The summed E-state index contributed by atoms with van der Waals surface area (Å²) in [6.45, 7) is 4.59. The SMILES string of the molecule is CC(C)(C#N)C(=O)NCC(C)(O)c1ccccc1Cl. The van der Waals surface area contributed by atoms with E-state index in [4.69, 9.17) is 16.9 Å². The van der Waals surface area contributed by atoms with Gasteiger partial charge in [-0.05, 0) is 26.8 Å². The Labute approximate surface area is 118 Å². The van der Waals surface area contributed by atoms with Gasteiger partial charge < -0.3 is 10.4 Å². The fourth-order valence-corrected chi connectivity index (χ4v) is 1.86. The molecule has 0 aliphatic rings. The van der Waals surface area contributed by atoms with E-state index in [0.717, 1.165) is 0 Å². The molecular formula is C14H17ClN2O2. The van der Waals surface area contributed by atoms with Gasteiger partial charge in [0.05, 0.1) is 12.6 Å². The third-order valence-corrected chi connectivity index (χ3v) is 3.22. The van der Waals surface area contributed by atoms with Gasteiger partial charge in [0, 0.05) is 10.6 Å². The van der Waals surface area contributed by atoms with Crippen molar-refractivity contribution in [3.05, 3.63) is 34.9 Å². The van der Waals surface area contributed by atoms with Crippen molar-refractivity contribution in [3.63, 3.8) is 0 Å². The topological polar surface area (TPSA) is 73.1 Å². The Kier molecular flexibility index (Phi) is 4.56. The number of carbonyl (C=O) groups is 1. The monoisotopic (exact) mass is 280 g/mol. The van der Waals surface area contributed by atoms with E-state index in [9.17, 15) is 9.90 Å². The second-order valence-corrected chi connectivity index (χ2v) is 5.58. The number of nitrogens with one attached hydrogen (secondary N) is 1. The third-order valence-electron chi connectivity index (χ3n) is 2.89. The van der Waals surface area contributed by atoms with Crippen LogP contribution in [0.5, 0.6) is 0 Å². The second-order valence-electron chi connectivity index (χ2n) is 5.17. The molecule has 0 saturated carbocycles. The fraction of sp³-hybridized carbons (Fsp3) is 0.429. The highest BCUT2D eigenvalue weighted by atomic mass is 35.5. The largest absolute Gasteiger partial charge is 0.384 e. The average molecular weight is 281 g/mol. The molecule has 0 saturated heterocycles. The van der Waals surface area contributed by atoms with Gasteiger partial charge in [-0.2, -0.15) is 5.26 Å². The molecule has 1 rings (SSSR count). The number of rotatable bonds is 4. The molecule has 0 aliphatic heterocycles. The maximum Gasteiger partial charge on any atom is 0.240 e. The normalized spacial score (nSPS) is 14.3. The molecule has 102 valence electrons. The minimum Gasteiger partial charge on any atom is -0.384 e. The zero-order chi connectivity index (χ0) is 14.7. The lowest BCUT2D eigenvalue weighted by Gasteiger charge is -2.26. The zero-order valence-corrected chi connectivity index (χ0v) is 12.0. The highest BCUT2D eigenvalue weighted by Gasteiger charge is 2.31. The Morgan fingerprint density at radius 2 is 2.00 bits per heavy atom. The summed E-state index contributed by atoms with van der Waals surface area (Å²) in [6.07, 6.45) is 0. The smallest absolute Gasteiger partial charge is 0.240 e. The van der Waals surface area contributed by atoms with Crippen molar-refractivity contribution in [3.8, 4) is 6.07 Å². The molecule has 1 atom stereocenters. The molecule has 1 aromatic carbocycles. The molecular weight excluding hydrogens is 264 g/mol. The van der Waals surface area contributed by atoms with Crippen LogP contribution >= 0.6 is 11.6 Å². The molecule has 2 N–H and O–H groups in total. The van der Waals surface area contributed by atoms with Crippen LogP contribution in [0, 0.1) is 16.7 Å². The van der Waals surface area contributed by atoms with E-state index in [-0.39, 0.29) is 6.54 Å². The zero-order valence-electron chi connectivity index (χ0n) is 11.2. The third kappa shape index (κ3) is 3.69. The van der Waals surface area contributed by atoms with Gasteiger partial charge in [-0.25, -0.2) is 0 Å². The van der Waals surface area contributed by atoms with E-state index in [2.05, 4.69) is 5.32 Å². The van der Waals surface area contributed by atoms with Gasteiger partial charge in [0.1, 0.15) is 11.0 Å². The molecule has 4 nitrogen and oxygen atoms in total. The van der Waals surface area contributed by atoms with E-state index < -0.39 is 16.9 Å². The van der Waals surface area contributed by atoms with Crippen molar-refractivity contribution in [1.82, 2.24) is 5.32 Å². The molecule has 0 radical (unpaired) electrons. The van der Waals surface area contributed by atoms with Crippen LogP contribution in [-0.2, 0) is 10.4 Å². The number of carbonyl (C=O) groups excluding carboxylic acids is 1. The van der Waals surface area contributed by atoms with Crippen molar-refractivity contribution in [2.45, 2.75) is 26.4 Å². The number of hydrogen-bond acceptors (Lipinski definition) is 3. The lowest BCUT2D eigenvalue weighted by atomic mass is 9.92. The predicted octanol–water partition coefficient (Wildman–Crippen LogP) is 2.21. The maximum atomic E-state index is 11.8. The first kappa shape index (κ1) is 15.5. The first-order valence-electron chi connectivity index (χ1n) is 5.87. The summed E-state index contributed by atoms with van der Waals surface area (Å²) in [5.41, 5.74) is -1.89. The van der Waals surface area contributed by atoms with Gasteiger partial charge in [0.25, 0.3) is 0 Å². The Bertz CT molecular complexity index is 518. The highest BCUT2D eigenvalue weighted by Crippen LogP contribution is 2.27. The van der Waals surface area contributed by atoms with Crippen LogP contribution in [-0.4, -0.2) is 17.6 Å². The van der Waals surface area contributed by atoms with Crippen LogP contribution in [0.15, 0.2) is 24.3 Å². The summed E-state index contributed by atoms with van der Waals surface area (Å²) in [5, 5.41) is 22.2. The van der Waals surface area contributed by atoms with E-state index in [0.29, 0.717) is 10.6 Å². The fourth-order valence-electron chi connectivity index (χ4n) is 1.52. The lowest BCUT2D eigenvalue weighted by Crippen LogP contribution is -2.43. The molecule has 0 aliphatic carbocycles. The van der Waals surface area contributed by atoms with Crippen LogP contribution in [0.3, 0.4) is 0 Å². The summed E-state index contributed by atoms with van der Waals surface area (Å²) in [7, 11) is 0. The Balaban J connectivity index is 2.80. The van der Waals surface area contributed by atoms with Gasteiger partial charge in [0.2, 0.25) is 5.91 Å². The molecule has 5 heteroatoms. The van der Waals surface area contributed by atoms with Gasteiger partial charge >= 0.3 is 0 Å². The van der Waals surface area contributed by atoms with Crippen molar-refractivity contribution in [2.24, 2.45) is 5.41 Å². The van der Waals surface area contributed by atoms with Crippen LogP contribution in [0.4, 0.5) is 0 Å². The van der Waals surface area contributed by atoms with Crippen molar-refractivity contribution in [1.29, 1.82) is 5.26 Å². The predicted molar refractivity (Wildman–Crippen MR) is 73.4 cm³/mol. The molecule has 0 aromatic heterocycles. The van der Waals surface area contributed by atoms with Crippen molar-refractivity contribution >= 4 is 17.5 Å². The summed E-state index contributed by atoms with van der Waals surface area (Å²) in [4.78, 5) is 11.8. The molecule has 0 spiro atoms. The molecule has 0 heterocycles. The number of halogens is 1. The van der Waals surface area contributed by atoms with Gasteiger partial charge in [-0.1, -0.05) is 29.8 Å². The molecule has 1 amide bonds. The Morgan fingerprint density at radius 1 is 1.42 bits per heavy atom. The number of nitrogens with zero attached hydrogens (tertiary/aromatic N) is 1. The molecule has 0 fully saturated rings.